The zero-order chi connectivity index (χ0) is 24.0. The number of nitrogens with zero attached hydrogens (tertiary/aromatic N) is 2. The molecule has 0 saturated carbocycles. The predicted molar refractivity (Wildman–Crippen MR) is 140 cm³/mol. The van der Waals surface area contributed by atoms with Gasteiger partial charge in [-0.3, -0.25) is 4.57 Å². The molecule has 0 unspecified atom stereocenters. The highest BCUT2D eigenvalue weighted by atomic mass is 32.1. The Balaban J connectivity index is 1.70. The molecule has 5 nitrogen and oxygen atoms in total. The highest BCUT2D eigenvalue weighted by molar-refractivity contribution is 7.07. The topological polar surface area (TPSA) is 45.0 Å². The number of rotatable bonds is 7. The fourth-order valence-corrected chi connectivity index (χ4v) is 4.64. The van der Waals surface area contributed by atoms with Crippen LogP contribution < -0.4 is 19.0 Å². The van der Waals surface area contributed by atoms with Gasteiger partial charge in [-0.25, -0.2) is 4.99 Å². The van der Waals surface area contributed by atoms with Crippen molar-refractivity contribution in [1.82, 2.24) is 4.57 Å². The minimum Gasteiger partial charge on any atom is -0.497 e. The molecular formula is C29H24N2O3S. The molecule has 4 aromatic carbocycles. The number of hydrogen-bond acceptors (Lipinski definition) is 5. The Labute approximate surface area is 208 Å². The van der Waals surface area contributed by atoms with E-state index in [0.717, 1.165) is 50.4 Å². The lowest BCUT2D eigenvalue weighted by atomic mass is 10.1. The fourth-order valence-electron chi connectivity index (χ4n) is 3.72. The van der Waals surface area contributed by atoms with Crippen molar-refractivity contribution in [1.29, 1.82) is 0 Å². The maximum Gasteiger partial charge on any atom is 0.195 e. The van der Waals surface area contributed by atoms with Crippen LogP contribution in [0.1, 0.15) is 0 Å². The van der Waals surface area contributed by atoms with Crippen LogP contribution in [0, 0.1) is 0 Å². The first-order valence-corrected chi connectivity index (χ1v) is 12.0. The van der Waals surface area contributed by atoms with Crippen molar-refractivity contribution < 1.29 is 14.2 Å². The Morgan fingerprint density at radius 2 is 1.40 bits per heavy atom. The van der Waals surface area contributed by atoms with Crippen molar-refractivity contribution >= 4 is 17.0 Å². The molecular weight excluding hydrogens is 456 g/mol. The molecule has 5 aromatic rings. The Morgan fingerprint density at radius 3 is 2.17 bits per heavy atom. The average Bonchev–Trinajstić information content (AvgIpc) is 3.33. The molecule has 0 spiro atoms. The third kappa shape index (κ3) is 4.98. The van der Waals surface area contributed by atoms with Gasteiger partial charge in [0.1, 0.15) is 17.2 Å². The molecule has 0 radical (unpaired) electrons. The number of hydrogen-bond donors (Lipinski definition) is 0. The van der Waals surface area contributed by atoms with E-state index in [1.165, 1.54) is 0 Å². The first kappa shape index (κ1) is 22.5. The minimum absolute atomic E-state index is 0.735. The second-order valence-corrected chi connectivity index (χ2v) is 8.50. The molecule has 0 aliphatic carbocycles. The van der Waals surface area contributed by atoms with E-state index < -0.39 is 0 Å². The molecule has 0 N–H and O–H groups in total. The minimum atomic E-state index is 0.735. The molecule has 0 aliphatic heterocycles. The van der Waals surface area contributed by atoms with Gasteiger partial charge in [0.2, 0.25) is 0 Å². The molecule has 0 aliphatic rings. The van der Waals surface area contributed by atoms with Gasteiger partial charge in [-0.2, -0.15) is 0 Å². The summed E-state index contributed by atoms with van der Waals surface area (Å²) in [6.45, 7) is 0. The van der Waals surface area contributed by atoms with E-state index in [-0.39, 0.29) is 0 Å². The maximum absolute atomic E-state index is 6.30. The summed E-state index contributed by atoms with van der Waals surface area (Å²) in [4.78, 5) is 5.79. The van der Waals surface area contributed by atoms with E-state index in [1.54, 1.807) is 25.6 Å². The zero-order valence-electron chi connectivity index (χ0n) is 19.4. The van der Waals surface area contributed by atoms with E-state index >= 15 is 0 Å². The van der Waals surface area contributed by atoms with Crippen LogP contribution in [-0.2, 0) is 0 Å². The highest BCUT2D eigenvalue weighted by Gasteiger charge is 2.15. The normalized spacial score (nSPS) is 11.3. The van der Waals surface area contributed by atoms with Gasteiger partial charge in [0.25, 0.3) is 0 Å². The highest BCUT2D eigenvalue weighted by Crippen LogP contribution is 2.32. The van der Waals surface area contributed by atoms with Crippen LogP contribution in [0.15, 0.2) is 114 Å². The molecule has 0 fully saturated rings. The number of para-hydroxylation sites is 3. The van der Waals surface area contributed by atoms with Gasteiger partial charge < -0.3 is 14.2 Å². The van der Waals surface area contributed by atoms with Crippen molar-refractivity contribution in [2.75, 3.05) is 14.2 Å². The third-order valence-corrected chi connectivity index (χ3v) is 6.27. The van der Waals surface area contributed by atoms with Crippen molar-refractivity contribution in [3.05, 3.63) is 113 Å². The Bertz CT molecular complexity index is 1490. The van der Waals surface area contributed by atoms with Crippen LogP contribution in [0.2, 0.25) is 0 Å². The van der Waals surface area contributed by atoms with Crippen molar-refractivity contribution in [2.45, 2.75) is 0 Å². The van der Waals surface area contributed by atoms with Crippen LogP contribution in [0.5, 0.6) is 23.0 Å². The van der Waals surface area contributed by atoms with Crippen molar-refractivity contribution in [3.8, 4) is 39.9 Å². The molecule has 0 atom stereocenters. The van der Waals surface area contributed by atoms with Crippen LogP contribution >= 0.6 is 11.3 Å². The molecule has 5 rings (SSSR count). The van der Waals surface area contributed by atoms with Gasteiger partial charge >= 0.3 is 0 Å². The fraction of sp³-hybridized carbons (Fsp3) is 0.0690. The largest absolute Gasteiger partial charge is 0.497 e. The van der Waals surface area contributed by atoms with E-state index in [9.17, 15) is 0 Å². The van der Waals surface area contributed by atoms with Crippen molar-refractivity contribution in [2.24, 2.45) is 4.99 Å². The third-order valence-electron chi connectivity index (χ3n) is 5.45. The lowest BCUT2D eigenvalue weighted by Gasteiger charge is -2.15. The van der Waals surface area contributed by atoms with E-state index in [2.05, 4.69) is 9.95 Å². The zero-order valence-corrected chi connectivity index (χ0v) is 20.2. The summed E-state index contributed by atoms with van der Waals surface area (Å²) >= 11 is 1.57. The summed E-state index contributed by atoms with van der Waals surface area (Å²) < 4.78 is 19.2. The Kier molecular flexibility index (Phi) is 6.63. The standard InChI is InChI=1S/C29H24N2O3S/c1-32-23-17-15-21(16-18-23)27-20-35-29(30-22-9-8-12-25(19-22)33-2)31(27)26-13-6-7-14-28(26)34-24-10-4-3-5-11-24/h3-20H,1-2H3. The number of ether oxygens (including phenoxy) is 3. The molecule has 174 valence electrons. The first-order chi connectivity index (χ1) is 17.2. The van der Waals surface area contributed by atoms with Crippen LogP contribution in [0.25, 0.3) is 16.9 Å². The summed E-state index contributed by atoms with van der Waals surface area (Å²) in [7, 11) is 3.32. The van der Waals surface area contributed by atoms with Gasteiger partial charge in [0.05, 0.1) is 31.3 Å². The molecule has 1 heterocycles. The predicted octanol–water partition coefficient (Wildman–Crippen LogP) is 7.25. The van der Waals surface area contributed by atoms with E-state index in [1.807, 2.05) is 103 Å². The Morgan fingerprint density at radius 1 is 0.686 bits per heavy atom. The first-order valence-electron chi connectivity index (χ1n) is 11.1. The Hall–Kier alpha value is -4.29. The second-order valence-electron chi connectivity index (χ2n) is 7.66. The smallest absolute Gasteiger partial charge is 0.195 e. The summed E-state index contributed by atoms with van der Waals surface area (Å²) in [5.74, 6) is 3.08. The number of thiazole rings is 1. The van der Waals surface area contributed by atoms with Gasteiger partial charge in [-0.15, -0.1) is 11.3 Å². The second kappa shape index (κ2) is 10.3. The van der Waals surface area contributed by atoms with Crippen molar-refractivity contribution in [3.63, 3.8) is 0 Å². The van der Waals surface area contributed by atoms with E-state index in [0.29, 0.717) is 0 Å². The maximum atomic E-state index is 6.30. The summed E-state index contributed by atoms with van der Waals surface area (Å²) in [5.41, 5.74) is 3.75. The quantitative estimate of drug-likeness (QED) is 0.246. The molecule has 6 heteroatoms. The van der Waals surface area contributed by atoms with E-state index in [4.69, 9.17) is 19.2 Å². The molecule has 35 heavy (non-hydrogen) atoms. The number of aromatic nitrogens is 1. The number of benzene rings is 4. The molecule has 0 saturated heterocycles. The average molecular weight is 481 g/mol. The van der Waals surface area contributed by atoms with Gasteiger partial charge in [-0.05, 0) is 66.2 Å². The number of methoxy groups -OCH3 is 2. The van der Waals surface area contributed by atoms with Crippen LogP contribution in [0.4, 0.5) is 5.69 Å². The molecule has 1 aromatic heterocycles. The summed E-state index contributed by atoms with van der Waals surface area (Å²) in [6.07, 6.45) is 0. The van der Waals surface area contributed by atoms with Crippen LogP contribution in [0.3, 0.4) is 0 Å². The molecule has 0 bridgehead atoms. The monoisotopic (exact) mass is 480 g/mol. The van der Waals surface area contributed by atoms with Crippen LogP contribution in [-0.4, -0.2) is 18.8 Å². The van der Waals surface area contributed by atoms with Gasteiger partial charge in [0, 0.05) is 11.4 Å². The summed E-state index contributed by atoms with van der Waals surface area (Å²) in [6, 6.07) is 33.5. The SMILES string of the molecule is COc1ccc(-c2csc(=Nc3cccc(OC)c3)n2-c2ccccc2Oc2ccccc2)cc1. The van der Waals surface area contributed by atoms with Gasteiger partial charge in [0.15, 0.2) is 10.6 Å². The lowest BCUT2D eigenvalue weighted by molar-refractivity contribution is 0.415. The van der Waals surface area contributed by atoms with Gasteiger partial charge in [-0.1, -0.05) is 36.4 Å². The molecule has 0 amide bonds. The summed E-state index contributed by atoms with van der Waals surface area (Å²) in [5, 5.41) is 2.11. The lowest BCUT2D eigenvalue weighted by Crippen LogP contribution is -2.14.